The van der Waals surface area contributed by atoms with Gasteiger partial charge in [0.1, 0.15) is 13.2 Å². The standard InChI is InChI=1S/C24H28N2O3/c1-16-19-12-21-22(29-11-10-28-21)13-20(19)24(8-2-3-9-24)15-26(16)23(27)18-6-4-17(14-25)5-7-18/h4-7,12-13,16H,2-3,8-11,14-15,25H2,1H3. The molecular weight excluding hydrogens is 364 g/mol. The quantitative estimate of drug-likeness (QED) is 0.841. The van der Waals surface area contributed by atoms with E-state index in [2.05, 4.69) is 24.0 Å². The van der Waals surface area contributed by atoms with Crippen molar-refractivity contribution < 1.29 is 14.3 Å². The van der Waals surface area contributed by atoms with Crippen LogP contribution in [0.3, 0.4) is 0 Å². The molecule has 1 saturated carbocycles. The third-order valence-electron chi connectivity index (χ3n) is 6.93. The van der Waals surface area contributed by atoms with Gasteiger partial charge in [0.2, 0.25) is 0 Å². The second-order valence-corrected chi connectivity index (χ2v) is 8.58. The van der Waals surface area contributed by atoms with E-state index in [0.717, 1.165) is 42.0 Å². The highest BCUT2D eigenvalue weighted by Gasteiger charge is 2.46. The Morgan fingerprint density at radius 1 is 1.10 bits per heavy atom. The Labute approximate surface area is 171 Å². The summed E-state index contributed by atoms with van der Waals surface area (Å²) in [6, 6.07) is 12.0. The van der Waals surface area contributed by atoms with Crippen LogP contribution in [-0.2, 0) is 12.0 Å². The topological polar surface area (TPSA) is 64.8 Å². The van der Waals surface area contributed by atoms with Crippen molar-refractivity contribution in [3.8, 4) is 11.5 Å². The molecule has 5 rings (SSSR count). The fourth-order valence-corrected chi connectivity index (χ4v) is 5.30. The first-order valence-electron chi connectivity index (χ1n) is 10.7. The lowest BCUT2D eigenvalue weighted by molar-refractivity contribution is 0.0593. The van der Waals surface area contributed by atoms with Gasteiger partial charge in [0.25, 0.3) is 5.91 Å². The monoisotopic (exact) mass is 392 g/mol. The van der Waals surface area contributed by atoms with Crippen LogP contribution in [0.15, 0.2) is 36.4 Å². The SMILES string of the molecule is CC1c2cc3c(cc2C2(CCCC2)CN1C(=O)c1ccc(CN)cc1)OCCO3. The predicted molar refractivity (Wildman–Crippen MR) is 111 cm³/mol. The Hall–Kier alpha value is -2.53. The van der Waals surface area contributed by atoms with Crippen LogP contribution in [-0.4, -0.2) is 30.6 Å². The number of nitrogens with two attached hydrogens (primary N) is 1. The minimum absolute atomic E-state index is 0.00580. The molecule has 5 heteroatoms. The third kappa shape index (κ3) is 2.99. The van der Waals surface area contributed by atoms with Gasteiger partial charge < -0.3 is 20.1 Å². The average molecular weight is 392 g/mol. The van der Waals surface area contributed by atoms with Crippen LogP contribution >= 0.6 is 0 Å². The normalized spacial score (nSPS) is 21.9. The zero-order valence-corrected chi connectivity index (χ0v) is 16.9. The highest BCUT2D eigenvalue weighted by molar-refractivity contribution is 5.95. The van der Waals surface area contributed by atoms with Gasteiger partial charge in [-0.25, -0.2) is 0 Å². The molecule has 3 aliphatic rings. The van der Waals surface area contributed by atoms with Gasteiger partial charge in [0.15, 0.2) is 11.5 Å². The zero-order valence-electron chi connectivity index (χ0n) is 16.9. The van der Waals surface area contributed by atoms with E-state index in [1.54, 1.807) is 0 Å². The number of fused-ring (bicyclic) bond motifs is 3. The Morgan fingerprint density at radius 3 is 2.41 bits per heavy atom. The van der Waals surface area contributed by atoms with Gasteiger partial charge >= 0.3 is 0 Å². The Balaban J connectivity index is 1.56. The zero-order chi connectivity index (χ0) is 20.0. The molecule has 1 fully saturated rings. The highest BCUT2D eigenvalue weighted by Crippen LogP contribution is 2.52. The van der Waals surface area contributed by atoms with E-state index in [4.69, 9.17) is 15.2 Å². The molecule has 1 atom stereocenters. The Morgan fingerprint density at radius 2 is 1.76 bits per heavy atom. The summed E-state index contributed by atoms with van der Waals surface area (Å²) in [5, 5.41) is 0. The first-order chi connectivity index (χ1) is 14.1. The van der Waals surface area contributed by atoms with Crippen LogP contribution in [0.4, 0.5) is 0 Å². The van der Waals surface area contributed by atoms with Crippen LogP contribution in [0.5, 0.6) is 11.5 Å². The van der Waals surface area contributed by atoms with Gasteiger partial charge in [-0.1, -0.05) is 25.0 Å². The van der Waals surface area contributed by atoms with Crippen LogP contribution in [0.1, 0.15) is 65.7 Å². The molecule has 2 aromatic rings. The summed E-state index contributed by atoms with van der Waals surface area (Å²) in [7, 11) is 0. The van der Waals surface area contributed by atoms with E-state index in [0.29, 0.717) is 19.8 Å². The average Bonchev–Trinajstić information content (AvgIpc) is 3.24. The molecule has 1 spiro atoms. The minimum atomic E-state index is -0.00580. The van der Waals surface area contributed by atoms with E-state index in [1.807, 2.05) is 24.3 Å². The lowest BCUT2D eigenvalue weighted by Gasteiger charge is -2.46. The summed E-state index contributed by atoms with van der Waals surface area (Å²) in [5.41, 5.74) is 10.0. The molecule has 0 aromatic heterocycles. The summed E-state index contributed by atoms with van der Waals surface area (Å²) in [5.74, 6) is 1.75. The number of benzene rings is 2. The molecule has 2 aromatic carbocycles. The summed E-state index contributed by atoms with van der Waals surface area (Å²) in [6.45, 7) is 4.54. The number of amides is 1. The van der Waals surface area contributed by atoms with Gasteiger partial charge in [0.05, 0.1) is 6.04 Å². The smallest absolute Gasteiger partial charge is 0.254 e. The number of carbonyl (C=O) groups excluding carboxylic acids is 1. The van der Waals surface area contributed by atoms with E-state index >= 15 is 0 Å². The second-order valence-electron chi connectivity index (χ2n) is 8.58. The molecule has 2 heterocycles. The van der Waals surface area contributed by atoms with E-state index in [1.165, 1.54) is 24.0 Å². The number of hydrogen-bond donors (Lipinski definition) is 1. The van der Waals surface area contributed by atoms with E-state index in [9.17, 15) is 4.79 Å². The molecule has 1 aliphatic carbocycles. The second kappa shape index (κ2) is 7.06. The van der Waals surface area contributed by atoms with Crippen LogP contribution in [0.25, 0.3) is 0 Å². The molecule has 1 unspecified atom stereocenters. The van der Waals surface area contributed by atoms with Crippen LogP contribution < -0.4 is 15.2 Å². The highest BCUT2D eigenvalue weighted by atomic mass is 16.6. The fourth-order valence-electron chi connectivity index (χ4n) is 5.30. The van der Waals surface area contributed by atoms with Crippen molar-refractivity contribution in [2.45, 2.75) is 50.6 Å². The van der Waals surface area contributed by atoms with Crippen molar-refractivity contribution in [2.75, 3.05) is 19.8 Å². The van der Waals surface area contributed by atoms with Crippen molar-refractivity contribution in [1.29, 1.82) is 0 Å². The Bertz CT molecular complexity index is 932. The number of hydrogen-bond acceptors (Lipinski definition) is 4. The summed E-state index contributed by atoms with van der Waals surface area (Å²) < 4.78 is 11.7. The van der Waals surface area contributed by atoms with Gasteiger partial charge in [-0.05, 0) is 60.7 Å². The maximum Gasteiger partial charge on any atom is 0.254 e. The number of rotatable bonds is 2. The molecule has 0 bridgehead atoms. The lowest BCUT2D eigenvalue weighted by Crippen LogP contribution is -2.48. The van der Waals surface area contributed by atoms with E-state index in [-0.39, 0.29) is 17.4 Å². The Kier molecular flexibility index (Phi) is 4.50. The molecular formula is C24H28N2O3. The molecule has 1 amide bonds. The van der Waals surface area contributed by atoms with Crippen LogP contribution in [0.2, 0.25) is 0 Å². The van der Waals surface area contributed by atoms with Gasteiger partial charge in [-0.2, -0.15) is 0 Å². The molecule has 0 radical (unpaired) electrons. The van der Waals surface area contributed by atoms with Crippen molar-refractivity contribution in [3.05, 3.63) is 58.7 Å². The van der Waals surface area contributed by atoms with Crippen LogP contribution in [0, 0.1) is 0 Å². The van der Waals surface area contributed by atoms with Crippen molar-refractivity contribution in [2.24, 2.45) is 5.73 Å². The molecule has 5 nitrogen and oxygen atoms in total. The van der Waals surface area contributed by atoms with Gasteiger partial charge in [0, 0.05) is 24.1 Å². The van der Waals surface area contributed by atoms with E-state index < -0.39 is 0 Å². The first kappa shape index (κ1) is 18.5. The van der Waals surface area contributed by atoms with Gasteiger partial charge in [-0.15, -0.1) is 0 Å². The number of ether oxygens (including phenoxy) is 2. The van der Waals surface area contributed by atoms with Crippen molar-refractivity contribution in [3.63, 3.8) is 0 Å². The fraction of sp³-hybridized carbons (Fsp3) is 0.458. The predicted octanol–water partition coefficient (Wildman–Crippen LogP) is 3.95. The van der Waals surface area contributed by atoms with Crippen molar-refractivity contribution in [1.82, 2.24) is 4.90 Å². The first-order valence-corrected chi connectivity index (χ1v) is 10.7. The maximum absolute atomic E-state index is 13.5. The number of carbonyl (C=O) groups is 1. The molecule has 29 heavy (non-hydrogen) atoms. The minimum Gasteiger partial charge on any atom is -0.486 e. The van der Waals surface area contributed by atoms with Gasteiger partial charge in [-0.3, -0.25) is 4.79 Å². The molecule has 2 N–H and O–H groups in total. The number of nitrogens with zero attached hydrogens (tertiary/aromatic N) is 1. The third-order valence-corrected chi connectivity index (χ3v) is 6.93. The maximum atomic E-state index is 13.5. The summed E-state index contributed by atoms with van der Waals surface area (Å²) in [6.07, 6.45) is 4.63. The molecule has 2 aliphatic heterocycles. The summed E-state index contributed by atoms with van der Waals surface area (Å²) >= 11 is 0. The lowest BCUT2D eigenvalue weighted by atomic mass is 9.71. The molecule has 0 saturated heterocycles. The molecule has 152 valence electrons. The van der Waals surface area contributed by atoms with Crippen molar-refractivity contribution >= 4 is 5.91 Å². The largest absolute Gasteiger partial charge is 0.486 e. The summed E-state index contributed by atoms with van der Waals surface area (Å²) in [4.78, 5) is 15.5.